The van der Waals surface area contributed by atoms with Crippen LogP contribution in [0.5, 0.6) is 11.5 Å². The summed E-state index contributed by atoms with van der Waals surface area (Å²) < 4.78 is 11.3. The zero-order valence-electron chi connectivity index (χ0n) is 14.2. The minimum atomic E-state index is -0.241. The fourth-order valence-corrected chi connectivity index (χ4v) is 2.58. The average molecular weight is 309 g/mol. The van der Waals surface area contributed by atoms with Crippen LogP contribution in [0.2, 0.25) is 0 Å². The minimum absolute atomic E-state index is 0.241. The van der Waals surface area contributed by atoms with E-state index in [1.165, 1.54) is 5.56 Å². The number of hydrogen-bond donors (Lipinski definition) is 0. The molecule has 3 heteroatoms. The third-order valence-corrected chi connectivity index (χ3v) is 4.14. The van der Waals surface area contributed by atoms with Crippen molar-refractivity contribution in [2.75, 3.05) is 13.7 Å². The standard InChI is InChI=1S/C20H23NO2/c1-14-8-9-20(22-4)18(12-14)17(13-21)10-11-23-19-7-5-6-15(2)16(19)3/h5-9,12,17H,10-11H2,1-4H3. The Morgan fingerprint density at radius 1 is 1.09 bits per heavy atom. The molecule has 0 bridgehead atoms. The van der Waals surface area contributed by atoms with E-state index in [2.05, 4.69) is 26.0 Å². The van der Waals surface area contributed by atoms with Crippen LogP contribution < -0.4 is 9.47 Å². The number of nitrogens with zero attached hydrogens (tertiary/aromatic N) is 1. The summed E-state index contributed by atoms with van der Waals surface area (Å²) in [6, 6.07) is 14.3. The number of methoxy groups -OCH3 is 1. The summed E-state index contributed by atoms with van der Waals surface area (Å²) >= 11 is 0. The molecule has 2 aromatic rings. The molecule has 0 fully saturated rings. The van der Waals surface area contributed by atoms with Gasteiger partial charge in [-0.1, -0.05) is 29.8 Å². The van der Waals surface area contributed by atoms with E-state index in [4.69, 9.17) is 9.47 Å². The molecule has 120 valence electrons. The molecule has 0 aliphatic rings. The Balaban J connectivity index is 2.08. The van der Waals surface area contributed by atoms with Crippen molar-refractivity contribution in [1.82, 2.24) is 0 Å². The van der Waals surface area contributed by atoms with E-state index in [0.29, 0.717) is 13.0 Å². The van der Waals surface area contributed by atoms with Crippen molar-refractivity contribution in [3.63, 3.8) is 0 Å². The largest absolute Gasteiger partial charge is 0.496 e. The van der Waals surface area contributed by atoms with Crippen molar-refractivity contribution < 1.29 is 9.47 Å². The van der Waals surface area contributed by atoms with Gasteiger partial charge in [0.15, 0.2) is 0 Å². The maximum absolute atomic E-state index is 9.53. The lowest BCUT2D eigenvalue weighted by molar-refractivity contribution is 0.302. The fraction of sp³-hybridized carbons (Fsp3) is 0.350. The second-order valence-electron chi connectivity index (χ2n) is 5.76. The second kappa shape index (κ2) is 7.69. The number of nitriles is 1. The van der Waals surface area contributed by atoms with E-state index in [9.17, 15) is 5.26 Å². The van der Waals surface area contributed by atoms with E-state index in [0.717, 1.165) is 28.2 Å². The van der Waals surface area contributed by atoms with E-state index in [1.54, 1.807) is 7.11 Å². The zero-order chi connectivity index (χ0) is 16.8. The number of rotatable bonds is 6. The summed E-state index contributed by atoms with van der Waals surface area (Å²) in [4.78, 5) is 0. The molecule has 1 unspecified atom stereocenters. The van der Waals surface area contributed by atoms with Gasteiger partial charge in [-0.2, -0.15) is 5.26 Å². The molecular formula is C20H23NO2. The van der Waals surface area contributed by atoms with Gasteiger partial charge in [-0.25, -0.2) is 0 Å². The first-order chi connectivity index (χ1) is 11.1. The highest BCUT2D eigenvalue weighted by Gasteiger charge is 2.16. The van der Waals surface area contributed by atoms with Crippen LogP contribution in [-0.2, 0) is 0 Å². The van der Waals surface area contributed by atoms with Crippen molar-refractivity contribution in [3.05, 3.63) is 58.7 Å². The number of hydrogen-bond acceptors (Lipinski definition) is 3. The van der Waals surface area contributed by atoms with Gasteiger partial charge in [0.2, 0.25) is 0 Å². The molecule has 0 aromatic heterocycles. The summed E-state index contributed by atoms with van der Waals surface area (Å²) in [5.41, 5.74) is 4.41. The highest BCUT2D eigenvalue weighted by molar-refractivity contribution is 5.42. The maximum atomic E-state index is 9.53. The first-order valence-corrected chi connectivity index (χ1v) is 7.80. The topological polar surface area (TPSA) is 42.2 Å². The molecule has 0 spiro atoms. The summed E-state index contributed by atoms with van der Waals surface area (Å²) in [5.74, 6) is 1.40. The molecule has 2 rings (SSSR count). The van der Waals surface area contributed by atoms with Crippen LogP contribution in [0.25, 0.3) is 0 Å². The van der Waals surface area contributed by atoms with Gasteiger partial charge in [0, 0.05) is 12.0 Å². The van der Waals surface area contributed by atoms with Crippen LogP contribution >= 0.6 is 0 Å². The Hall–Kier alpha value is -2.47. The number of aryl methyl sites for hydroxylation is 2. The van der Waals surface area contributed by atoms with Crippen LogP contribution in [0, 0.1) is 32.1 Å². The number of benzene rings is 2. The molecule has 0 N–H and O–H groups in total. The maximum Gasteiger partial charge on any atom is 0.123 e. The smallest absolute Gasteiger partial charge is 0.123 e. The van der Waals surface area contributed by atoms with Gasteiger partial charge in [0.1, 0.15) is 11.5 Å². The normalized spacial score (nSPS) is 11.6. The van der Waals surface area contributed by atoms with E-state index >= 15 is 0 Å². The lowest BCUT2D eigenvalue weighted by Gasteiger charge is -2.16. The molecule has 2 aromatic carbocycles. The van der Waals surface area contributed by atoms with E-state index in [-0.39, 0.29) is 5.92 Å². The van der Waals surface area contributed by atoms with Crippen molar-refractivity contribution in [2.45, 2.75) is 33.1 Å². The summed E-state index contributed by atoms with van der Waals surface area (Å²) in [6.07, 6.45) is 0.629. The molecule has 0 aliphatic heterocycles. The molecule has 0 heterocycles. The van der Waals surface area contributed by atoms with E-state index in [1.807, 2.05) is 37.3 Å². The molecule has 0 amide bonds. The van der Waals surface area contributed by atoms with Crippen LogP contribution in [-0.4, -0.2) is 13.7 Å². The second-order valence-corrected chi connectivity index (χ2v) is 5.76. The summed E-state index contributed by atoms with van der Waals surface area (Å²) in [7, 11) is 1.63. The van der Waals surface area contributed by atoms with Gasteiger partial charge >= 0.3 is 0 Å². The van der Waals surface area contributed by atoms with Crippen molar-refractivity contribution in [3.8, 4) is 17.6 Å². The third-order valence-electron chi connectivity index (χ3n) is 4.14. The molecule has 1 atom stereocenters. The predicted octanol–water partition coefficient (Wildman–Crippen LogP) is 4.70. The Morgan fingerprint density at radius 3 is 2.57 bits per heavy atom. The van der Waals surface area contributed by atoms with Crippen molar-refractivity contribution in [1.29, 1.82) is 5.26 Å². The first-order valence-electron chi connectivity index (χ1n) is 7.80. The lowest BCUT2D eigenvalue weighted by Crippen LogP contribution is -2.07. The third kappa shape index (κ3) is 4.04. The summed E-state index contributed by atoms with van der Waals surface area (Å²) in [5, 5.41) is 9.53. The molecule has 0 saturated heterocycles. The van der Waals surface area contributed by atoms with Gasteiger partial charge < -0.3 is 9.47 Å². The quantitative estimate of drug-likeness (QED) is 0.777. The highest BCUT2D eigenvalue weighted by Crippen LogP contribution is 2.30. The van der Waals surface area contributed by atoms with Gasteiger partial charge in [-0.05, 0) is 44.0 Å². The molecule has 3 nitrogen and oxygen atoms in total. The monoisotopic (exact) mass is 309 g/mol. The SMILES string of the molecule is COc1ccc(C)cc1C(C#N)CCOc1cccc(C)c1C. The van der Waals surface area contributed by atoms with Gasteiger partial charge in [0.25, 0.3) is 0 Å². The Kier molecular flexibility index (Phi) is 5.65. The van der Waals surface area contributed by atoms with Gasteiger partial charge in [-0.3, -0.25) is 0 Å². The molecular weight excluding hydrogens is 286 g/mol. The van der Waals surface area contributed by atoms with Crippen molar-refractivity contribution in [2.24, 2.45) is 0 Å². The Labute approximate surface area is 138 Å². The molecule has 0 saturated carbocycles. The average Bonchev–Trinajstić information content (AvgIpc) is 2.55. The zero-order valence-corrected chi connectivity index (χ0v) is 14.2. The van der Waals surface area contributed by atoms with Crippen LogP contribution in [0.3, 0.4) is 0 Å². The summed E-state index contributed by atoms with van der Waals surface area (Å²) in [6.45, 7) is 6.64. The van der Waals surface area contributed by atoms with Crippen LogP contribution in [0.15, 0.2) is 36.4 Å². The first kappa shape index (κ1) is 16.9. The van der Waals surface area contributed by atoms with Gasteiger partial charge in [0.05, 0.1) is 25.7 Å². The minimum Gasteiger partial charge on any atom is -0.496 e. The molecule has 0 aliphatic carbocycles. The predicted molar refractivity (Wildman–Crippen MR) is 92.1 cm³/mol. The van der Waals surface area contributed by atoms with Crippen LogP contribution in [0.4, 0.5) is 0 Å². The molecule has 23 heavy (non-hydrogen) atoms. The fourth-order valence-electron chi connectivity index (χ4n) is 2.58. The Morgan fingerprint density at radius 2 is 1.87 bits per heavy atom. The van der Waals surface area contributed by atoms with Gasteiger partial charge in [-0.15, -0.1) is 0 Å². The lowest BCUT2D eigenvalue weighted by atomic mass is 9.95. The van der Waals surface area contributed by atoms with Crippen molar-refractivity contribution >= 4 is 0 Å². The highest BCUT2D eigenvalue weighted by atomic mass is 16.5. The number of ether oxygens (including phenoxy) is 2. The Bertz CT molecular complexity index is 716. The molecule has 0 radical (unpaired) electrons. The van der Waals surface area contributed by atoms with E-state index < -0.39 is 0 Å². The van der Waals surface area contributed by atoms with Crippen LogP contribution in [0.1, 0.15) is 34.6 Å².